The van der Waals surface area contributed by atoms with Gasteiger partial charge in [0.05, 0.1) is 0 Å². The molecule has 0 radical (unpaired) electrons. The van der Waals surface area contributed by atoms with Crippen LogP contribution >= 0.6 is 0 Å². The molecule has 1 aliphatic rings. The van der Waals surface area contributed by atoms with Gasteiger partial charge in [0, 0.05) is 17.8 Å². The van der Waals surface area contributed by atoms with E-state index in [0.29, 0.717) is 6.10 Å². The molecule has 1 aliphatic heterocycles. The van der Waals surface area contributed by atoms with Gasteiger partial charge in [-0.25, -0.2) is 0 Å². The third-order valence-electron chi connectivity index (χ3n) is 3.51. The Hall–Kier alpha value is -1.22. The third-order valence-corrected chi connectivity index (χ3v) is 3.51. The Morgan fingerprint density at radius 1 is 1.22 bits per heavy atom. The highest BCUT2D eigenvalue weighted by molar-refractivity contribution is 5.41. The maximum absolute atomic E-state index is 6.04. The van der Waals surface area contributed by atoms with Crippen molar-refractivity contribution in [1.29, 1.82) is 0 Å². The lowest BCUT2D eigenvalue weighted by Gasteiger charge is -2.41. The molecule has 0 aromatic heterocycles. The van der Waals surface area contributed by atoms with Gasteiger partial charge in [-0.15, -0.1) is 0 Å². The molecule has 3 nitrogen and oxygen atoms in total. The van der Waals surface area contributed by atoms with E-state index in [1.54, 1.807) is 0 Å². The zero-order valence-corrected chi connectivity index (χ0v) is 11.6. The summed E-state index contributed by atoms with van der Waals surface area (Å²) >= 11 is 0. The van der Waals surface area contributed by atoms with Gasteiger partial charge in [-0.05, 0) is 64.4 Å². The lowest BCUT2D eigenvalue weighted by Crippen LogP contribution is -2.50. The summed E-state index contributed by atoms with van der Waals surface area (Å²) in [5, 5.41) is 0. The second-order valence-electron chi connectivity index (χ2n) is 6.07. The van der Waals surface area contributed by atoms with Gasteiger partial charge < -0.3 is 10.5 Å². The van der Waals surface area contributed by atoms with Gasteiger partial charge in [-0.3, -0.25) is 4.90 Å². The highest BCUT2D eigenvalue weighted by Gasteiger charge is 2.28. The van der Waals surface area contributed by atoms with Crippen molar-refractivity contribution < 1.29 is 4.74 Å². The number of likely N-dealkylation sites (tertiary alicyclic amines) is 1. The zero-order valence-electron chi connectivity index (χ0n) is 11.6. The molecule has 1 heterocycles. The summed E-state index contributed by atoms with van der Waals surface area (Å²) in [6.07, 6.45) is 2.63. The highest BCUT2D eigenvalue weighted by Crippen LogP contribution is 2.23. The lowest BCUT2D eigenvalue weighted by atomic mass is 9.99. The predicted molar refractivity (Wildman–Crippen MR) is 75.8 cm³/mol. The first-order valence-electron chi connectivity index (χ1n) is 6.72. The minimum atomic E-state index is 0.225. The number of nitrogens with zero attached hydrogens (tertiary/aromatic N) is 1. The Morgan fingerprint density at radius 3 is 2.50 bits per heavy atom. The van der Waals surface area contributed by atoms with Gasteiger partial charge >= 0.3 is 0 Å². The van der Waals surface area contributed by atoms with Crippen LogP contribution in [0.4, 0.5) is 5.69 Å². The number of hydrogen-bond donors (Lipinski definition) is 1. The summed E-state index contributed by atoms with van der Waals surface area (Å²) in [6, 6.07) is 7.68. The maximum atomic E-state index is 6.04. The fraction of sp³-hybridized carbons (Fsp3) is 0.600. The quantitative estimate of drug-likeness (QED) is 0.818. The van der Waals surface area contributed by atoms with Gasteiger partial charge in [-0.2, -0.15) is 0 Å². The van der Waals surface area contributed by atoms with Crippen molar-refractivity contribution >= 4 is 5.69 Å². The molecule has 0 saturated carbocycles. The number of benzene rings is 1. The first-order chi connectivity index (χ1) is 8.45. The highest BCUT2D eigenvalue weighted by atomic mass is 16.5. The first kappa shape index (κ1) is 13.2. The Labute approximate surface area is 110 Å². The van der Waals surface area contributed by atoms with E-state index in [1.807, 2.05) is 24.3 Å². The van der Waals surface area contributed by atoms with E-state index in [0.717, 1.165) is 24.4 Å². The largest absolute Gasteiger partial charge is 0.489 e. The number of ether oxygens (including phenoxy) is 1. The molecule has 0 amide bonds. The number of anilines is 1. The zero-order chi connectivity index (χ0) is 13.2. The van der Waals surface area contributed by atoms with Crippen molar-refractivity contribution in [3.63, 3.8) is 0 Å². The van der Waals surface area contributed by atoms with Crippen LogP contribution in [0, 0.1) is 0 Å². The Bertz CT molecular complexity index is 380. The van der Waals surface area contributed by atoms with E-state index in [-0.39, 0.29) is 5.54 Å². The molecule has 1 atom stereocenters. The van der Waals surface area contributed by atoms with Crippen LogP contribution in [0.5, 0.6) is 5.75 Å². The average molecular weight is 248 g/mol. The lowest BCUT2D eigenvalue weighted by molar-refractivity contribution is 0.0347. The van der Waals surface area contributed by atoms with E-state index >= 15 is 0 Å². The first-order valence-corrected chi connectivity index (χ1v) is 6.72. The van der Waals surface area contributed by atoms with Crippen molar-refractivity contribution in [1.82, 2.24) is 4.90 Å². The fourth-order valence-electron chi connectivity index (χ4n) is 2.38. The van der Waals surface area contributed by atoms with Crippen LogP contribution in [-0.4, -0.2) is 29.6 Å². The van der Waals surface area contributed by atoms with Gasteiger partial charge in [0.15, 0.2) is 0 Å². The summed E-state index contributed by atoms with van der Waals surface area (Å²) < 4.78 is 6.04. The molecule has 0 aliphatic carbocycles. The van der Waals surface area contributed by atoms with Gasteiger partial charge in [0.2, 0.25) is 0 Å². The number of nitrogens with two attached hydrogens (primary N) is 1. The van der Waals surface area contributed by atoms with Gasteiger partial charge in [0.1, 0.15) is 11.9 Å². The molecule has 18 heavy (non-hydrogen) atoms. The average Bonchev–Trinajstić information content (AvgIpc) is 2.31. The van der Waals surface area contributed by atoms with Crippen molar-refractivity contribution in [3.8, 4) is 5.75 Å². The molecule has 0 spiro atoms. The van der Waals surface area contributed by atoms with E-state index < -0.39 is 0 Å². The van der Waals surface area contributed by atoms with Crippen molar-refractivity contribution in [2.24, 2.45) is 0 Å². The van der Waals surface area contributed by atoms with Crippen molar-refractivity contribution in [2.45, 2.75) is 45.3 Å². The van der Waals surface area contributed by atoms with E-state index in [2.05, 4.69) is 25.7 Å². The summed E-state index contributed by atoms with van der Waals surface area (Å²) in [5.74, 6) is 0.921. The SMILES string of the molecule is CC(C)(C)N1CCCC(Oc2ccc(N)cc2)C1. The molecule has 100 valence electrons. The van der Waals surface area contributed by atoms with Gasteiger partial charge in [0.25, 0.3) is 0 Å². The Morgan fingerprint density at radius 2 is 1.89 bits per heavy atom. The second-order valence-corrected chi connectivity index (χ2v) is 6.07. The minimum absolute atomic E-state index is 0.225. The van der Waals surface area contributed by atoms with Crippen LogP contribution < -0.4 is 10.5 Å². The fourth-order valence-corrected chi connectivity index (χ4v) is 2.38. The predicted octanol–water partition coefficient (Wildman–Crippen LogP) is 2.91. The summed E-state index contributed by atoms with van der Waals surface area (Å²) in [5.41, 5.74) is 6.68. The summed E-state index contributed by atoms with van der Waals surface area (Å²) in [4.78, 5) is 2.50. The Kier molecular flexibility index (Phi) is 3.81. The molecule has 2 N–H and O–H groups in total. The molecule has 1 aromatic carbocycles. The third kappa shape index (κ3) is 3.39. The summed E-state index contributed by atoms with van der Waals surface area (Å²) in [6.45, 7) is 8.97. The monoisotopic (exact) mass is 248 g/mol. The smallest absolute Gasteiger partial charge is 0.119 e. The number of nitrogen functional groups attached to an aromatic ring is 1. The Balaban J connectivity index is 1.95. The minimum Gasteiger partial charge on any atom is -0.489 e. The molecule has 1 unspecified atom stereocenters. The van der Waals surface area contributed by atoms with Crippen LogP contribution in [0.15, 0.2) is 24.3 Å². The number of hydrogen-bond acceptors (Lipinski definition) is 3. The normalized spacial score (nSPS) is 21.8. The molecule has 1 saturated heterocycles. The molecule has 0 bridgehead atoms. The van der Waals surface area contributed by atoms with E-state index in [4.69, 9.17) is 10.5 Å². The molecule has 1 fully saturated rings. The molecule has 3 heteroatoms. The van der Waals surface area contributed by atoms with Crippen molar-refractivity contribution in [2.75, 3.05) is 18.8 Å². The molecular formula is C15H24N2O. The van der Waals surface area contributed by atoms with Crippen LogP contribution in [-0.2, 0) is 0 Å². The van der Waals surface area contributed by atoms with Gasteiger partial charge in [-0.1, -0.05) is 0 Å². The maximum Gasteiger partial charge on any atom is 0.119 e. The van der Waals surface area contributed by atoms with Crippen LogP contribution in [0.25, 0.3) is 0 Å². The number of piperidine rings is 1. The van der Waals surface area contributed by atoms with Crippen LogP contribution in [0.1, 0.15) is 33.6 Å². The standard InChI is InChI=1S/C15H24N2O/c1-15(2,3)17-10-4-5-14(11-17)18-13-8-6-12(16)7-9-13/h6-9,14H,4-5,10-11,16H2,1-3H3. The topological polar surface area (TPSA) is 38.5 Å². The second kappa shape index (κ2) is 5.19. The van der Waals surface area contributed by atoms with Crippen LogP contribution in [0.2, 0.25) is 0 Å². The van der Waals surface area contributed by atoms with E-state index in [1.165, 1.54) is 13.0 Å². The molecule has 2 rings (SSSR count). The molecule has 1 aromatic rings. The summed E-state index contributed by atoms with van der Waals surface area (Å²) in [7, 11) is 0. The van der Waals surface area contributed by atoms with Crippen molar-refractivity contribution in [3.05, 3.63) is 24.3 Å². The molecular weight excluding hydrogens is 224 g/mol. The van der Waals surface area contributed by atoms with Crippen LogP contribution in [0.3, 0.4) is 0 Å². The number of rotatable bonds is 2. The van der Waals surface area contributed by atoms with E-state index in [9.17, 15) is 0 Å².